The molecule has 1 saturated heterocycles. The Hall–Kier alpha value is -1.43. The monoisotopic (exact) mass is 269 g/mol. The van der Waals surface area contributed by atoms with Gasteiger partial charge in [0.05, 0.1) is 12.0 Å². The summed E-state index contributed by atoms with van der Waals surface area (Å²) in [5.41, 5.74) is 3.59. The first-order chi connectivity index (χ1) is 8.49. The fraction of sp³-hybridized carbons (Fsp3) is 0.769. The topological polar surface area (TPSA) is 92.5 Å². The minimum atomic E-state index is -1.11. The van der Waals surface area contributed by atoms with Crippen molar-refractivity contribution >= 4 is 17.7 Å². The first-order valence-electron chi connectivity index (χ1n) is 6.42. The van der Waals surface area contributed by atoms with Crippen LogP contribution in [-0.4, -0.2) is 40.7 Å². The van der Waals surface area contributed by atoms with Gasteiger partial charge in [-0.2, -0.15) is 0 Å². The van der Waals surface area contributed by atoms with Crippen molar-refractivity contribution in [1.82, 2.24) is 10.2 Å². The van der Waals surface area contributed by atoms with E-state index in [1.165, 1.54) is 0 Å². The molecular formula is C13H23N3O3. The molecule has 0 aliphatic carbocycles. The average molecular weight is 269 g/mol. The zero-order chi connectivity index (χ0) is 15.0. The van der Waals surface area contributed by atoms with E-state index in [2.05, 4.69) is 5.32 Å². The summed E-state index contributed by atoms with van der Waals surface area (Å²) in [6.07, 6.45) is 0.169. The molecular weight excluding hydrogens is 246 g/mol. The maximum absolute atomic E-state index is 12.1. The van der Waals surface area contributed by atoms with E-state index in [1.54, 1.807) is 20.8 Å². The molecule has 0 spiro atoms. The standard InChI is InChI=1S/C13H23N3O3/c1-8(2)15-13(5,10(14)18)7-16-9(17)6-12(3,4)11(16)19/h8,15H,6-7H2,1-5H3,(H2,14,18). The first-order valence-corrected chi connectivity index (χ1v) is 6.42. The maximum atomic E-state index is 12.1. The van der Waals surface area contributed by atoms with Gasteiger partial charge in [-0.1, -0.05) is 13.8 Å². The van der Waals surface area contributed by atoms with Gasteiger partial charge in [0.15, 0.2) is 0 Å². The molecule has 0 aromatic heterocycles. The molecule has 1 fully saturated rings. The molecule has 0 bridgehead atoms. The Bertz CT molecular complexity index is 417. The highest BCUT2D eigenvalue weighted by Crippen LogP contribution is 2.32. The molecule has 0 radical (unpaired) electrons. The molecule has 6 nitrogen and oxygen atoms in total. The van der Waals surface area contributed by atoms with E-state index in [-0.39, 0.29) is 30.8 Å². The number of primary amides is 1. The molecule has 6 heteroatoms. The van der Waals surface area contributed by atoms with Crippen molar-refractivity contribution in [2.75, 3.05) is 6.54 Å². The zero-order valence-electron chi connectivity index (χ0n) is 12.2. The first kappa shape index (κ1) is 15.6. The lowest BCUT2D eigenvalue weighted by atomic mass is 9.92. The van der Waals surface area contributed by atoms with Crippen LogP contribution in [0.3, 0.4) is 0 Å². The van der Waals surface area contributed by atoms with E-state index in [9.17, 15) is 14.4 Å². The van der Waals surface area contributed by atoms with Gasteiger partial charge in [-0.3, -0.25) is 24.6 Å². The van der Waals surface area contributed by atoms with E-state index in [1.807, 2.05) is 13.8 Å². The smallest absolute Gasteiger partial charge is 0.239 e. The maximum Gasteiger partial charge on any atom is 0.239 e. The number of carbonyl (C=O) groups excluding carboxylic acids is 3. The summed E-state index contributed by atoms with van der Waals surface area (Å²) in [5, 5.41) is 3.03. The lowest BCUT2D eigenvalue weighted by molar-refractivity contribution is -0.142. The Balaban J connectivity index is 2.95. The Kier molecular flexibility index (Phi) is 4.05. The van der Waals surface area contributed by atoms with Crippen LogP contribution in [0.5, 0.6) is 0 Å². The second-order valence-electron chi connectivity index (χ2n) is 6.34. The van der Waals surface area contributed by atoms with Crippen molar-refractivity contribution in [1.29, 1.82) is 0 Å². The van der Waals surface area contributed by atoms with E-state index < -0.39 is 16.9 Å². The molecule has 1 atom stereocenters. The third-order valence-corrected chi connectivity index (χ3v) is 3.34. The number of likely N-dealkylation sites (tertiary alicyclic amines) is 1. The van der Waals surface area contributed by atoms with Gasteiger partial charge in [0.25, 0.3) is 0 Å². The second-order valence-corrected chi connectivity index (χ2v) is 6.34. The summed E-state index contributed by atoms with van der Waals surface area (Å²) in [7, 11) is 0. The quantitative estimate of drug-likeness (QED) is 0.688. The molecule has 3 N–H and O–H groups in total. The minimum Gasteiger partial charge on any atom is -0.368 e. The average Bonchev–Trinajstić information content (AvgIpc) is 2.39. The van der Waals surface area contributed by atoms with Crippen LogP contribution in [-0.2, 0) is 14.4 Å². The Morgan fingerprint density at radius 3 is 2.32 bits per heavy atom. The van der Waals surface area contributed by atoms with Gasteiger partial charge in [-0.25, -0.2) is 0 Å². The largest absolute Gasteiger partial charge is 0.368 e. The molecule has 3 amide bonds. The minimum absolute atomic E-state index is 0.0123. The zero-order valence-corrected chi connectivity index (χ0v) is 12.2. The number of rotatable bonds is 5. The molecule has 1 aliphatic rings. The molecule has 0 saturated carbocycles. The van der Waals surface area contributed by atoms with Gasteiger partial charge in [-0.05, 0) is 20.8 Å². The van der Waals surface area contributed by atoms with Gasteiger partial charge >= 0.3 is 0 Å². The van der Waals surface area contributed by atoms with Crippen molar-refractivity contribution in [2.24, 2.45) is 11.1 Å². The number of nitrogens with zero attached hydrogens (tertiary/aromatic N) is 1. The summed E-state index contributed by atoms with van der Waals surface area (Å²) < 4.78 is 0. The third kappa shape index (κ3) is 3.12. The molecule has 1 rings (SSSR count). The Labute approximate surface area is 113 Å². The van der Waals surface area contributed by atoms with Crippen molar-refractivity contribution in [3.63, 3.8) is 0 Å². The normalized spacial score (nSPS) is 21.9. The van der Waals surface area contributed by atoms with Crippen LogP contribution in [0.2, 0.25) is 0 Å². The Morgan fingerprint density at radius 1 is 1.47 bits per heavy atom. The second kappa shape index (κ2) is 4.92. The molecule has 1 unspecified atom stereocenters. The molecule has 0 aromatic carbocycles. The van der Waals surface area contributed by atoms with Crippen LogP contribution < -0.4 is 11.1 Å². The van der Waals surface area contributed by atoms with Gasteiger partial charge in [0.2, 0.25) is 17.7 Å². The fourth-order valence-electron chi connectivity index (χ4n) is 2.34. The number of hydrogen-bond acceptors (Lipinski definition) is 4. The number of carbonyl (C=O) groups is 3. The van der Waals surface area contributed by atoms with Gasteiger partial charge in [-0.15, -0.1) is 0 Å². The van der Waals surface area contributed by atoms with E-state index in [0.29, 0.717) is 0 Å². The van der Waals surface area contributed by atoms with Crippen molar-refractivity contribution in [2.45, 2.75) is 52.6 Å². The van der Waals surface area contributed by atoms with Crippen LogP contribution in [0.25, 0.3) is 0 Å². The summed E-state index contributed by atoms with van der Waals surface area (Å²) in [6, 6.07) is 0.0123. The summed E-state index contributed by atoms with van der Waals surface area (Å²) in [5.74, 6) is -1.09. The van der Waals surface area contributed by atoms with Gasteiger partial charge < -0.3 is 5.73 Å². The molecule has 1 aliphatic heterocycles. The molecule has 108 valence electrons. The predicted molar refractivity (Wildman–Crippen MR) is 71.0 cm³/mol. The van der Waals surface area contributed by atoms with E-state index in [4.69, 9.17) is 5.73 Å². The van der Waals surface area contributed by atoms with E-state index in [0.717, 1.165) is 4.90 Å². The van der Waals surface area contributed by atoms with Crippen LogP contribution in [0.1, 0.15) is 41.0 Å². The fourth-order valence-corrected chi connectivity index (χ4v) is 2.34. The van der Waals surface area contributed by atoms with Crippen LogP contribution in [0, 0.1) is 5.41 Å². The van der Waals surface area contributed by atoms with Crippen molar-refractivity contribution < 1.29 is 14.4 Å². The Morgan fingerprint density at radius 2 is 2.00 bits per heavy atom. The molecule has 19 heavy (non-hydrogen) atoms. The lowest BCUT2D eigenvalue weighted by Crippen LogP contribution is -2.62. The highest BCUT2D eigenvalue weighted by molar-refractivity contribution is 6.06. The highest BCUT2D eigenvalue weighted by Gasteiger charge is 2.48. The predicted octanol–water partition coefficient (Wildman–Crippen LogP) is 0.0135. The number of nitrogens with one attached hydrogen (secondary N) is 1. The number of hydrogen-bond donors (Lipinski definition) is 2. The van der Waals surface area contributed by atoms with Gasteiger partial charge in [0, 0.05) is 12.5 Å². The SMILES string of the molecule is CC(C)NC(C)(CN1C(=O)CC(C)(C)C1=O)C(N)=O. The number of nitrogens with two attached hydrogens (primary N) is 1. The summed E-state index contributed by atoms with van der Waals surface area (Å²) >= 11 is 0. The highest BCUT2D eigenvalue weighted by atomic mass is 16.2. The van der Waals surface area contributed by atoms with Crippen LogP contribution in [0.4, 0.5) is 0 Å². The van der Waals surface area contributed by atoms with E-state index >= 15 is 0 Å². The molecule has 0 aromatic rings. The van der Waals surface area contributed by atoms with Crippen LogP contribution >= 0.6 is 0 Å². The third-order valence-electron chi connectivity index (χ3n) is 3.34. The van der Waals surface area contributed by atoms with Gasteiger partial charge in [0.1, 0.15) is 5.54 Å². The van der Waals surface area contributed by atoms with Crippen LogP contribution in [0.15, 0.2) is 0 Å². The molecule has 1 heterocycles. The van der Waals surface area contributed by atoms with Crippen molar-refractivity contribution in [3.05, 3.63) is 0 Å². The van der Waals surface area contributed by atoms with Crippen molar-refractivity contribution in [3.8, 4) is 0 Å². The summed E-state index contributed by atoms with van der Waals surface area (Å²) in [6.45, 7) is 8.79. The summed E-state index contributed by atoms with van der Waals surface area (Å²) in [4.78, 5) is 36.8. The lowest BCUT2D eigenvalue weighted by Gasteiger charge is -2.33. The number of imide groups is 1. The number of amides is 3.